The first-order chi connectivity index (χ1) is 9.85. The van der Waals surface area contributed by atoms with E-state index in [1.807, 2.05) is 27.7 Å². The highest BCUT2D eigenvalue weighted by Crippen LogP contribution is 2.38. The fourth-order valence-electron chi connectivity index (χ4n) is 2.30. The molecule has 22 heavy (non-hydrogen) atoms. The second-order valence-electron chi connectivity index (χ2n) is 6.75. The molecule has 1 aromatic rings. The van der Waals surface area contributed by atoms with Gasteiger partial charge in [0, 0.05) is 25.2 Å². The SMILES string of the molecule is CN(C)c1ccc(C(F)(F)F)cc1B1OC(C)(C)C(C)(C)O1. The molecule has 0 N–H and O–H groups in total. The van der Waals surface area contributed by atoms with Crippen LogP contribution in [0.2, 0.25) is 0 Å². The zero-order valence-corrected chi connectivity index (χ0v) is 13.7. The lowest BCUT2D eigenvalue weighted by Gasteiger charge is -2.32. The highest BCUT2D eigenvalue weighted by atomic mass is 19.4. The monoisotopic (exact) mass is 315 g/mol. The van der Waals surface area contributed by atoms with E-state index >= 15 is 0 Å². The number of rotatable bonds is 2. The average molecular weight is 315 g/mol. The summed E-state index contributed by atoms with van der Waals surface area (Å²) < 4.78 is 50.8. The van der Waals surface area contributed by atoms with Gasteiger partial charge in [0.15, 0.2) is 0 Å². The molecule has 1 aliphatic rings. The molecule has 0 amide bonds. The van der Waals surface area contributed by atoms with Crippen LogP contribution in [-0.2, 0) is 15.5 Å². The average Bonchev–Trinajstić information content (AvgIpc) is 2.56. The number of hydrogen-bond donors (Lipinski definition) is 0. The second-order valence-corrected chi connectivity index (χ2v) is 6.75. The van der Waals surface area contributed by atoms with Crippen LogP contribution < -0.4 is 10.4 Å². The molecular weight excluding hydrogens is 294 g/mol. The van der Waals surface area contributed by atoms with E-state index < -0.39 is 30.1 Å². The van der Waals surface area contributed by atoms with Crippen molar-refractivity contribution in [1.29, 1.82) is 0 Å². The number of nitrogens with zero attached hydrogens (tertiary/aromatic N) is 1. The molecular formula is C15H21BF3NO2. The summed E-state index contributed by atoms with van der Waals surface area (Å²) in [6, 6.07) is 3.63. The van der Waals surface area contributed by atoms with E-state index in [1.165, 1.54) is 6.07 Å². The summed E-state index contributed by atoms with van der Waals surface area (Å²) in [6.45, 7) is 7.48. The first-order valence-corrected chi connectivity index (χ1v) is 7.09. The topological polar surface area (TPSA) is 21.7 Å². The van der Waals surface area contributed by atoms with Gasteiger partial charge in [-0.25, -0.2) is 0 Å². The lowest BCUT2D eigenvalue weighted by Crippen LogP contribution is -2.41. The molecule has 1 saturated heterocycles. The molecule has 0 atom stereocenters. The second kappa shape index (κ2) is 5.16. The van der Waals surface area contributed by atoms with E-state index in [4.69, 9.17) is 9.31 Å². The Morgan fingerprint density at radius 2 is 1.50 bits per heavy atom. The largest absolute Gasteiger partial charge is 0.496 e. The van der Waals surface area contributed by atoms with Crippen molar-refractivity contribution in [2.24, 2.45) is 0 Å². The molecule has 0 aliphatic carbocycles. The fourth-order valence-corrected chi connectivity index (χ4v) is 2.30. The smallest absolute Gasteiger partial charge is 0.399 e. The van der Waals surface area contributed by atoms with Gasteiger partial charge in [0.05, 0.1) is 16.8 Å². The molecule has 0 bridgehead atoms. The molecule has 2 rings (SSSR count). The minimum absolute atomic E-state index is 0.387. The third-order valence-electron chi connectivity index (χ3n) is 4.34. The maximum Gasteiger partial charge on any atom is 0.496 e. The van der Waals surface area contributed by atoms with E-state index in [9.17, 15) is 13.2 Å². The predicted molar refractivity (Wildman–Crippen MR) is 81.5 cm³/mol. The van der Waals surface area contributed by atoms with E-state index in [0.29, 0.717) is 11.2 Å². The van der Waals surface area contributed by atoms with Crippen LogP contribution in [-0.4, -0.2) is 32.4 Å². The Morgan fingerprint density at radius 3 is 1.91 bits per heavy atom. The lowest BCUT2D eigenvalue weighted by molar-refractivity contribution is -0.137. The standard InChI is InChI=1S/C15H21BF3NO2/c1-13(2)14(3,4)22-16(21-13)11-9-10(15(17,18)19)7-8-12(11)20(5)6/h7-9H,1-6H3. The van der Waals surface area contributed by atoms with Gasteiger partial charge in [-0.05, 0) is 45.9 Å². The summed E-state index contributed by atoms with van der Waals surface area (Å²) in [5, 5.41) is 0. The van der Waals surface area contributed by atoms with Gasteiger partial charge in [0.2, 0.25) is 0 Å². The van der Waals surface area contributed by atoms with Crippen LogP contribution >= 0.6 is 0 Å². The maximum atomic E-state index is 13.0. The first-order valence-electron chi connectivity index (χ1n) is 7.09. The van der Waals surface area contributed by atoms with E-state index in [1.54, 1.807) is 19.0 Å². The van der Waals surface area contributed by atoms with Crippen LogP contribution in [0.3, 0.4) is 0 Å². The Morgan fingerprint density at radius 1 is 1.00 bits per heavy atom. The number of hydrogen-bond acceptors (Lipinski definition) is 3. The fraction of sp³-hybridized carbons (Fsp3) is 0.600. The van der Waals surface area contributed by atoms with E-state index in [2.05, 4.69) is 0 Å². The molecule has 1 heterocycles. The van der Waals surface area contributed by atoms with Gasteiger partial charge in [-0.3, -0.25) is 0 Å². The molecule has 0 spiro atoms. The number of benzene rings is 1. The van der Waals surface area contributed by atoms with Crippen molar-refractivity contribution in [3.05, 3.63) is 23.8 Å². The Labute approximate surface area is 129 Å². The van der Waals surface area contributed by atoms with Crippen LogP contribution in [0.1, 0.15) is 33.3 Å². The molecule has 1 fully saturated rings. The molecule has 0 saturated carbocycles. The summed E-state index contributed by atoms with van der Waals surface area (Å²) in [4.78, 5) is 1.75. The van der Waals surface area contributed by atoms with Crippen LogP contribution in [0.15, 0.2) is 18.2 Å². The Balaban J connectivity index is 2.49. The number of halogens is 3. The molecule has 1 aliphatic heterocycles. The van der Waals surface area contributed by atoms with Gasteiger partial charge in [-0.2, -0.15) is 13.2 Å². The zero-order valence-electron chi connectivity index (χ0n) is 13.7. The minimum atomic E-state index is -4.40. The van der Waals surface area contributed by atoms with Crippen molar-refractivity contribution >= 4 is 18.3 Å². The molecule has 0 radical (unpaired) electrons. The van der Waals surface area contributed by atoms with Crippen LogP contribution in [0.5, 0.6) is 0 Å². The molecule has 7 heteroatoms. The molecule has 122 valence electrons. The summed E-state index contributed by atoms with van der Waals surface area (Å²) in [7, 11) is 2.72. The highest BCUT2D eigenvalue weighted by molar-refractivity contribution is 6.64. The number of alkyl halides is 3. The van der Waals surface area contributed by atoms with Crippen molar-refractivity contribution in [2.45, 2.75) is 45.1 Å². The van der Waals surface area contributed by atoms with Gasteiger partial charge < -0.3 is 14.2 Å². The molecule has 3 nitrogen and oxygen atoms in total. The van der Waals surface area contributed by atoms with E-state index in [0.717, 1.165) is 12.1 Å². The van der Waals surface area contributed by atoms with Gasteiger partial charge in [0.1, 0.15) is 0 Å². The Kier molecular flexibility index (Phi) is 4.03. The first kappa shape index (κ1) is 17.2. The normalized spacial score (nSPS) is 20.3. The van der Waals surface area contributed by atoms with E-state index in [-0.39, 0.29) is 0 Å². The number of anilines is 1. The van der Waals surface area contributed by atoms with Crippen molar-refractivity contribution in [1.82, 2.24) is 0 Å². The third kappa shape index (κ3) is 2.97. The summed E-state index contributed by atoms with van der Waals surface area (Å²) in [6.07, 6.45) is -4.40. The minimum Gasteiger partial charge on any atom is -0.399 e. The van der Waals surface area contributed by atoms with Crippen LogP contribution in [0.25, 0.3) is 0 Å². The van der Waals surface area contributed by atoms with Gasteiger partial charge in [-0.15, -0.1) is 0 Å². The third-order valence-corrected chi connectivity index (χ3v) is 4.34. The summed E-state index contributed by atoms with van der Waals surface area (Å²) >= 11 is 0. The summed E-state index contributed by atoms with van der Waals surface area (Å²) in [5.41, 5.74) is -0.877. The quantitative estimate of drug-likeness (QED) is 0.783. The van der Waals surface area contributed by atoms with Gasteiger partial charge in [0.25, 0.3) is 0 Å². The maximum absolute atomic E-state index is 13.0. The predicted octanol–water partition coefficient (Wildman–Crippen LogP) is 3.07. The Bertz CT molecular complexity index is 554. The van der Waals surface area contributed by atoms with Crippen molar-refractivity contribution < 1.29 is 22.5 Å². The van der Waals surface area contributed by atoms with Crippen molar-refractivity contribution in [2.75, 3.05) is 19.0 Å². The van der Waals surface area contributed by atoms with Crippen molar-refractivity contribution in [3.8, 4) is 0 Å². The van der Waals surface area contributed by atoms with Crippen molar-refractivity contribution in [3.63, 3.8) is 0 Å². The Hall–Kier alpha value is -1.21. The van der Waals surface area contributed by atoms with Crippen LogP contribution in [0.4, 0.5) is 18.9 Å². The molecule has 0 aromatic heterocycles. The lowest BCUT2D eigenvalue weighted by atomic mass is 9.76. The van der Waals surface area contributed by atoms with Gasteiger partial charge in [-0.1, -0.05) is 0 Å². The van der Waals surface area contributed by atoms with Gasteiger partial charge >= 0.3 is 13.3 Å². The zero-order chi connectivity index (χ0) is 16.9. The molecule has 1 aromatic carbocycles. The highest BCUT2D eigenvalue weighted by Gasteiger charge is 2.52. The van der Waals surface area contributed by atoms with Crippen LogP contribution in [0, 0.1) is 0 Å². The summed E-state index contributed by atoms with van der Waals surface area (Å²) in [5.74, 6) is 0. The molecule has 0 unspecified atom stereocenters.